The van der Waals surface area contributed by atoms with Gasteiger partial charge in [-0.05, 0) is 49.1 Å². The summed E-state index contributed by atoms with van der Waals surface area (Å²) in [5.41, 5.74) is 3.43. The number of hydrogen-bond acceptors (Lipinski definition) is 5. The van der Waals surface area contributed by atoms with Gasteiger partial charge in [0.05, 0.1) is 18.1 Å². The van der Waals surface area contributed by atoms with Crippen LogP contribution in [0.4, 0.5) is 0 Å². The average molecular weight is 488 g/mol. The van der Waals surface area contributed by atoms with Crippen molar-refractivity contribution in [3.63, 3.8) is 0 Å². The largest absolute Gasteiger partial charge is 0.379 e. The molecule has 0 spiro atoms. The molecule has 1 heterocycles. The average Bonchev–Trinajstić information content (AvgIpc) is 2.82. The normalized spacial score (nSPS) is 15.7. The Morgan fingerprint density at radius 1 is 1.06 bits per heavy atom. The van der Waals surface area contributed by atoms with Crippen LogP contribution in [0.5, 0.6) is 0 Å². The van der Waals surface area contributed by atoms with Crippen molar-refractivity contribution in [3.05, 3.63) is 64.7 Å². The van der Waals surface area contributed by atoms with E-state index >= 15 is 0 Å². The molecule has 2 amide bonds. The Morgan fingerprint density at radius 3 is 2.41 bits per heavy atom. The highest BCUT2D eigenvalue weighted by molar-refractivity contribution is 7.89. The van der Waals surface area contributed by atoms with E-state index in [-0.39, 0.29) is 35.4 Å². The maximum absolute atomic E-state index is 13.0. The second-order valence-corrected chi connectivity index (χ2v) is 10.8. The van der Waals surface area contributed by atoms with Gasteiger partial charge in [0.15, 0.2) is 0 Å². The second-order valence-electron chi connectivity index (χ2n) is 8.89. The van der Waals surface area contributed by atoms with E-state index in [9.17, 15) is 18.0 Å². The fourth-order valence-corrected chi connectivity index (χ4v) is 5.28. The van der Waals surface area contributed by atoms with E-state index in [0.717, 1.165) is 16.7 Å². The van der Waals surface area contributed by atoms with E-state index in [2.05, 4.69) is 16.7 Å². The van der Waals surface area contributed by atoms with Crippen LogP contribution < -0.4 is 10.6 Å². The van der Waals surface area contributed by atoms with Crippen molar-refractivity contribution in [1.82, 2.24) is 14.9 Å². The maximum atomic E-state index is 13.0. The molecule has 1 saturated heterocycles. The quantitative estimate of drug-likeness (QED) is 0.595. The third-order valence-electron chi connectivity index (χ3n) is 5.89. The van der Waals surface area contributed by atoms with Crippen LogP contribution in [0, 0.1) is 19.8 Å². The van der Waals surface area contributed by atoms with Crippen LogP contribution >= 0.6 is 0 Å². The Bertz CT molecular complexity index is 1140. The van der Waals surface area contributed by atoms with E-state index in [4.69, 9.17) is 4.74 Å². The summed E-state index contributed by atoms with van der Waals surface area (Å²) in [5.74, 6) is -0.955. The number of carbonyl (C=O) groups is 2. The monoisotopic (exact) mass is 487 g/mol. The lowest BCUT2D eigenvalue weighted by atomic mass is 10.0. The first kappa shape index (κ1) is 25.9. The van der Waals surface area contributed by atoms with Crippen LogP contribution in [0.15, 0.2) is 47.4 Å². The van der Waals surface area contributed by atoms with Gasteiger partial charge in [-0.1, -0.05) is 43.7 Å². The van der Waals surface area contributed by atoms with Gasteiger partial charge in [0.2, 0.25) is 15.9 Å². The van der Waals surface area contributed by atoms with Gasteiger partial charge < -0.3 is 15.4 Å². The number of carbonyl (C=O) groups excluding carboxylic acids is 2. The summed E-state index contributed by atoms with van der Waals surface area (Å²) in [5, 5.41) is 5.68. The van der Waals surface area contributed by atoms with E-state index < -0.39 is 22.0 Å². The van der Waals surface area contributed by atoms with Crippen LogP contribution in [0.3, 0.4) is 0 Å². The number of morpholine rings is 1. The fourth-order valence-electron chi connectivity index (χ4n) is 3.83. The van der Waals surface area contributed by atoms with Crippen LogP contribution in [0.25, 0.3) is 0 Å². The highest BCUT2D eigenvalue weighted by Gasteiger charge is 2.28. The SMILES string of the molecule is Cc1ccc(CNC(=O)C(NC(=O)c2cccc(S(=O)(=O)N3CCOCC3)c2)C(C)C)c(C)c1. The fraction of sp³-hybridized carbons (Fsp3) is 0.440. The molecule has 0 saturated carbocycles. The summed E-state index contributed by atoms with van der Waals surface area (Å²) < 4.78 is 32.5. The van der Waals surface area contributed by atoms with Crippen LogP contribution in [-0.2, 0) is 26.1 Å². The molecule has 9 heteroatoms. The molecule has 8 nitrogen and oxygen atoms in total. The highest BCUT2D eigenvalue weighted by atomic mass is 32.2. The van der Waals surface area contributed by atoms with Crippen molar-refractivity contribution < 1.29 is 22.7 Å². The Hall–Kier alpha value is -2.75. The topological polar surface area (TPSA) is 105 Å². The molecular formula is C25H33N3O5S. The van der Waals surface area contributed by atoms with Gasteiger partial charge in [0.25, 0.3) is 5.91 Å². The van der Waals surface area contributed by atoms with Gasteiger partial charge in [0.1, 0.15) is 6.04 Å². The van der Waals surface area contributed by atoms with E-state index in [1.54, 1.807) is 6.07 Å². The molecule has 0 aromatic heterocycles. The lowest BCUT2D eigenvalue weighted by molar-refractivity contribution is -0.124. The van der Waals surface area contributed by atoms with Crippen LogP contribution in [0.2, 0.25) is 0 Å². The zero-order valence-corrected chi connectivity index (χ0v) is 20.9. The Morgan fingerprint density at radius 2 is 1.76 bits per heavy atom. The minimum Gasteiger partial charge on any atom is -0.379 e. The number of benzene rings is 2. The summed E-state index contributed by atoms with van der Waals surface area (Å²) in [4.78, 5) is 25.9. The molecule has 0 aliphatic carbocycles. The number of nitrogens with one attached hydrogen (secondary N) is 2. The Labute approximate surface area is 201 Å². The van der Waals surface area contributed by atoms with Gasteiger partial charge in [0, 0.05) is 25.2 Å². The molecule has 3 rings (SSSR count). The zero-order valence-electron chi connectivity index (χ0n) is 20.1. The van der Waals surface area contributed by atoms with Crippen molar-refractivity contribution in [2.45, 2.75) is 45.2 Å². The molecule has 1 atom stereocenters. The van der Waals surface area contributed by atoms with E-state index in [1.807, 2.05) is 39.8 Å². The number of rotatable bonds is 8. The molecule has 1 unspecified atom stereocenters. The predicted octanol–water partition coefficient (Wildman–Crippen LogP) is 2.40. The van der Waals surface area contributed by atoms with E-state index in [0.29, 0.717) is 19.8 Å². The minimum atomic E-state index is -3.73. The predicted molar refractivity (Wildman–Crippen MR) is 130 cm³/mol. The molecule has 1 fully saturated rings. The van der Waals surface area contributed by atoms with Gasteiger partial charge in [-0.25, -0.2) is 8.42 Å². The van der Waals surface area contributed by atoms with Crippen molar-refractivity contribution in [1.29, 1.82) is 0 Å². The van der Waals surface area contributed by atoms with E-state index in [1.165, 1.54) is 22.5 Å². The molecule has 2 aromatic rings. The summed E-state index contributed by atoms with van der Waals surface area (Å²) in [7, 11) is -3.73. The summed E-state index contributed by atoms with van der Waals surface area (Å²) >= 11 is 0. The van der Waals surface area contributed by atoms with Crippen molar-refractivity contribution in [2.75, 3.05) is 26.3 Å². The summed E-state index contributed by atoms with van der Waals surface area (Å²) in [6.45, 7) is 9.29. The molecular weight excluding hydrogens is 454 g/mol. The standard InChI is InChI=1S/C25H33N3O5S/c1-17(2)23(25(30)26-16-21-9-8-18(3)14-19(21)4)27-24(29)20-6-5-7-22(15-20)34(31,32)28-10-12-33-13-11-28/h5-9,14-15,17,23H,10-13,16H2,1-4H3,(H,26,30)(H,27,29). The smallest absolute Gasteiger partial charge is 0.251 e. The number of sulfonamides is 1. The van der Waals surface area contributed by atoms with Crippen LogP contribution in [0.1, 0.15) is 40.9 Å². The van der Waals surface area contributed by atoms with Gasteiger partial charge in [-0.2, -0.15) is 4.31 Å². The zero-order chi connectivity index (χ0) is 24.9. The molecule has 0 bridgehead atoms. The maximum Gasteiger partial charge on any atom is 0.251 e. The lowest BCUT2D eigenvalue weighted by Gasteiger charge is -2.26. The number of amides is 2. The molecule has 1 aliphatic heterocycles. The second kappa shape index (κ2) is 11.1. The minimum absolute atomic E-state index is 0.0439. The number of nitrogens with zero attached hydrogens (tertiary/aromatic N) is 1. The summed E-state index contributed by atoms with van der Waals surface area (Å²) in [6.07, 6.45) is 0. The Balaban J connectivity index is 1.70. The first-order valence-corrected chi connectivity index (χ1v) is 12.9. The first-order chi connectivity index (χ1) is 16.1. The van der Waals surface area contributed by atoms with Crippen molar-refractivity contribution in [2.24, 2.45) is 5.92 Å². The molecule has 2 N–H and O–H groups in total. The molecule has 2 aromatic carbocycles. The number of hydrogen-bond donors (Lipinski definition) is 2. The van der Waals surface area contributed by atoms with Gasteiger partial charge in [-0.15, -0.1) is 0 Å². The molecule has 184 valence electrons. The molecule has 34 heavy (non-hydrogen) atoms. The summed E-state index contributed by atoms with van der Waals surface area (Å²) in [6, 6.07) is 11.2. The third kappa shape index (κ3) is 6.22. The first-order valence-electron chi connectivity index (χ1n) is 11.4. The highest BCUT2D eigenvalue weighted by Crippen LogP contribution is 2.19. The van der Waals surface area contributed by atoms with Crippen molar-refractivity contribution in [3.8, 4) is 0 Å². The lowest BCUT2D eigenvalue weighted by Crippen LogP contribution is -2.49. The van der Waals surface area contributed by atoms with Crippen molar-refractivity contribution >= 4 is 21.8 Å². The number of ether oxygens (including phenoxy) is 1. The Kier molecular flexibility index (Phi) is 8.46. The molecule has 1 aliphatic rings. The third-order valence-corrected chi connectivity index (χ3v) is 7.79. The van der Waals surface area contributed by atoms with Gasteiger partial charge >= 0.3 is 0 Å². The number of aryl methyl sites for hydroxylation is 2. The van der Waals surface area contributed by atoms with Crippen LogP contribution in [-0.4, -0.2) is 56.9 Å². The molecule has 0 radical (unpaired) electrons. The van der Waals surface area contributed by atoms with Gasteiger partial charge in [-0.3, -0.25) is 9.59 Å².